The van der Waals surface area contributed by atoms with Gasteiger partial charge >= 0.3 is 0 Å². The van der Waals surface area contributed by atoms with Gasteiger partial charge in [0.05, 0.1) is 17.2 Å². The van der Waals surface area contributed by atoms with E-state index in [4.69, 9.17) is 0 Å². The summed E-state index contributed by atoms with van der Waals surface area (Å²) in [5.74, 6) is -0.875. The molecule has 1 N–H and O–H groups in total. The summed E-state index contributed by atoms with van der Waals surface area (Å²) in [6.07, 6.45) is 0.678. The number of ketones is 2. The molecule has 1 saturated carbocycles. The number of nitrogens with one attached hydrogen (secondary N) is 1. The van der Waals surface area contributed by atoms with Gasteiger partial charge in [0, 0.05) is 22.1 Å². The Balaban J connectivity index is 1.37. The minimum Gasteiger partial charge on any atom is -0.325 e. The lowest BCUT2D eigenvalue weighted by molar-refractivity contribution is -0.117. The van der Waals surface area contributed by atoms with Crippen LogP contribution in [-0.2, 0) is 10.2 Å². The van der Waals surface area contributed by atoms with Crippen molar-refractivity contribution in [1.82, 2.24) is 0 Å². The summed E-state index contributed by atoms with van der Waals surface area (Å²) in [4.78, 5) is 39.9. The number of fused-ring (bicyclic) bond motifs is 2. The van der Waals surface area contributed by atoms with Gasteiger partial charge in [-0.1, -0.05) is 97.1 Å². The Hall–Kier alpha value is -4.31. The van der Waals surface area contributed by atoms with Crippen molar-refractivity contribution in [2.75, 3.05) is 5.32 Å². The second-order valence-electron chi connectivity index (χ2n) is 8.88. The van der Waals surface area contributed by atoms with Crippen molar-refractivity contribution in [1.29, 1.82) is 0 Å². The van der Waals surface area contributed by atoms with E-state index < -0.39 is 5.41 Å². The topological polar surface area (TPSA) is 63.2 Å². The van der Waals surface area contributed by atoms with E-state index in [0.717, 1.165) is 11.1 Å². The SMILES string of the molecule is O=C1c2ccccc2C(=O)c2c(NC(=O)[C@@H]3CC3(c3ccccc3)c3ccccc3)cccc21. The molecule has 0 spiro atoms. The molecule has 4 nitrogen and oxygen atoms in total. The minimum atomic E-state index is -0.409. The van der Waals surface area contributed by atoms with E-state index >= 15 is 0 Å². The third-order valence-electron chi connectivity index (χ3n) is 7.07. The van der Waals surface area contributed by atoms with Crippen molar-refractivity contribution in [3.8, 4) is 0 Å². The number of rotatable bonds is 4. The van der Waals surface area contributed by atoms with E-state index in [2.05, 4.69) is 29.6 Å². The number of carbonyl (C=O) groups is 3. The van der Waals surface area contributed by atoms with Crippen molar-refractivity contribution in [2.45, 2.75) is 11.8 Å². The lowest BCUT2D eigenvalue weighted by Gasteiger charge is -2.21. The normalized spacial score (nSPS) is 17.5. The Morgan fingerprint density at radius 1 is 0.647 bits per heavy atom. The van der Waals surface area contributed by atoms with Crippen LogP contribution >= 0.6 is 0 Å². The van der Waals surface area contributed by atoms with Gasteiger partial charge in [0.25, 0.3) is 0 Å². The Bertz CT molecular complexity index is 1420. The Kier molecular flexibility index (Phi) is 4.56. The van der Waals surface area contributed by atoms with E-state index in [1.165, 1.54) is 0 Å². The average Bonchev–Trinajstić information content (AvgIpc) is 3.66. The van der Waals surface area contributed by atoms with Crippen LogP contribution in [0.4, 0.5) is 5.69 Å². The van der Waals surface area contributed by atoms with Gasteiger partial charge in [-0.2, -0.15) is 0 Å². The summed E-state index contributed by atoms with van der Waals surface area (Å²) in [7, 11) is 0. The predicted octanol–water partition coefficient (Wildman–Crippen LogP) is 5.41. The molecule has 0 bridgehead atoms. The summed E-state index contributed by atoms with van der Waals surface area (Å²) in [6, 6.07) is 32.0. The van der Waals surface area contributed by atoms with Gasteiger partial charge < -0.3 is 5.32 Å². The monoisotopic (exact) mass is 443 g/mol. The first-order chi connectivity index (χ1) is 16.6. The van der Waals surface area contributed by atoms with Crippen LogP contribution in [0.2, 0.25) is 0 Å². The van der Waals surface area contributed by atoms with E-state index in [0.29, 0.717) is 28.8 Å². The highest BCUT2D eigenvalue weighted by molar-refractivity contribution is 6.30. The molecule has 0 saturated heterocycles. The van der Waals surface area contributed by atoms with E-state index in [-0.39, 0.29) is 29.0 Å². The van der Waals surface area contributed by atoms with Gasteiger partial charge in [-0.3, -0.25) is 14.4 Å². The molecule has 1 amide bonds. The third kappa shape index (κ3) is 2.96. The summed E-state index contributed by atoms with van der Waals surface area (Å²) in [5.41, 5.74) is 3.53. The molecule has 1 atom stereocenters. The molecule has 4 aromatic rings. The number of amides is 1. The molecular formula is C30H21NO3. The smallest absolute Gasteiger partial charge is 0.228 e. The van der Waals surface area contributed by atoms with E-state index in [9.17, 15) is 14.4 Å². The second kappa shape index (κ2) is 7.63. The molecular weight excluding hydrogens is 422 g/mol. The fourth-order valence-electron chi connectivity index (χ4n) is 5.32. The number of hydrogen-bond donors (Lipinski definition) is 1. The summed E-state index contributed by atoms with van der Waals surface area (Å²) >= 11 is 0. The summed E-state index contributed by atoms with van der Waals surface area (Å²) < 4.78 is 0. The maximum absolute atomic E-state index is 13.5. The van der Waals surface area contributed by atoms with Crippen LogP contribution in [0.1, 0.15) is 49.4 Å². The molecule has 4 heteroatoms. The molecule has 0 aliphatic heterocycles. The average molecular weight is 444 g/mol. The highest BCUT2D eigenvalue weighted by Crippen LogP contribution is 2.59. The van der Waals surface area contributed by atoms with Crippen molar-refractivity contribution in [2.24, 2.45) is 5.92 Å². The first-order valence-corrected chi connectivity index (χ1v) is 11.3. The van der Waals surface area contributed by atoms with Crippen LogP contribution in [-0.4, -0.2) is 17.5 Å². The van der Waals surface area contributed by atoms with Gasteiger partial charge in [-0.05, 0) is 23.6 Å². The quantitative estimate of drug-likeness (QED) is 0.404. The number of anilines is 1. The predicted molar refractivity (Wildman–Crippen MR) is 130 cm³/mol. The molecule has 2 aliphatic carbocycles. The first kappa shape index (κ1) is 20.3. The molecule has 4 aromatic carbocycles. The lowest BCUT2D eigenvalue weighted by Crippen LogP contribution is -2.26. The van der Waals surface area contributed by atoms with Crippen LogP contribution in [0.15, 0.2) is 103 Å². The molecule has 0 aromatic heterocycles. The zero-order chi connectivity index (χ0) is 23.3. The molecule has 164 valence electrons. The Labute approximate surface area is 197 Å². The minimum absolute atomic E-state index is 0.153. The van der Waals surface area contributed by atoms with E-state index in [1.54, 1.807) is 42.5 Å². The standard InChI is InChI=1S/C30H21NO3/c32-27-21-14-7-8-15-22(21)28(33)26-23(27)16-9-17-25(26)31-29(34)24-18-30(24,19-10-3-1-4-11-19)20-12-5-2-6-13-20/h1-17,24H,18H2,(H,31,34)/t24-/m0/s1. The molecule has 34 heavy (non-hydrogen) atoms. The summed E-state index contributed by atoms with van der Waals surface area (Å²) in [5, 5.41) is 3.00. The maximum atomic E-state index is 13.5. The van der Waals surface area contributed by atoms with Gasteiger partial charge in [-0.25, -0.2) is 0 Å². The van der Waals surface area contributed by atoms with E-state index in [1.807, 2.05) is 36.4 Å². The lowest BCUT2D eigenvalue weighted by atomic mass is 9.83. The molecule has 1 fully saturated rings. The van der Waals surface area contributed by atoms with Crippen molar-refractivity contribution < 1.29 is 14.4 Å². The molecule has 0 heterocycles. The van der Waals surface area contributed by atoms with Crippen LogP contribution in [0.5, 0.6) is 0 Å². The third-order valence-corrected chi connectivity index (χ3v) is 7.07. The van der Waals surface area contributed by atoms with Crippen molar-refractivity contribution in [3.05, 3.63) is 137 Å². The molecule has 2 aliphatic rings. The highest BCUT2D eigenvalue weighted by atomic mass is 16.2. The fourth-order valence-corrected chi connectivity index (χ4v) is 5.32. The highest BCUT2D eigenvalue weighted by Gasteiger charge is 2.60. The molecule has 6 rings (SSSR count). The van der Waals surface area contributed by atoms with Crippen LogP contribution < -0.4 is 5.32 Å². The Morgan fingerprint density at radius 2 is 1.18 bits per heavy atom. The first-order valence-electron chi connectivity index (χ1n) is 11.3. The number of benzene rings is 4. The van der Waals surface area contributed by atoms with Crippen LogP contribution in [0.25, 0.3) is 0 Å². The largest absolute Gasteiger partial charge is 0.325 e. The van der Waals surface area contributed by atoms with Crippen molar-refractivity contribution >= 4 is 23.2 Å². The van der Waals surface area contributed by atoms with Gasteiger partial charge in [0.15, 0.2) is 11.6 Å². The zero-order valence-corrected chi connectivity index (χ0v) is 18.3. The van der Waals surface area contributed by atoms with Gasteiger partial charge in [0.2, 0.25) is 5.91 Å². The maximum Gasteiger partial charge on any atom is 0.228 e. The second-order valence-corrected chi connectivity index (χ2v) is 8.88. The summed E-state index contributed by atoms with van der Waals surface area (Å²) in [6.45, 7) is 0. The fraction of sp³-hybridized carbons (Fsp3) is 0.100. The zero-order valence-electron chi connectivity index (χ0n) is 18.3. The molecule has 0 unspecified atom stereocenters. The van der Waals surface area contributed by atoms with Gasteiger partial charge in [0.1, 0.15) is 0 Å². The molecule has 0 radical (unpaired) electrons. The van der Waals surface area contributed by atoms with Crippen LogP contribution in [0, 0.1) is 5.92 Å². The van der Waals surface area contributed by atoms with Gasteiger partial charge in [-0.15, -0.1) is 0 Å². The Morgan fingerprint density at radius 3 is 1.79 bits per heavy atom. The van der Waals surface area contributed by atoms with Crippen LogP contribution in [0.3, 0.4) is 0 Å². The number of hydrogen-bond acceptors (Lipinski definition) is 3. The number of carbonyl (C=O) groups excluding carboxylic acids is 3. The van der Waals surface area contributed by atoms with Crippen molar-refractivity contribution in [3.63, 3.8) is 0 Å².